The van der Waals surface area contributed by atoms with E-state index in [2.05, 4.69) is 25.6 Å². The van der Waals surface area contributed by atoms with E-state index in [4.69, 9.17) is 10.5 Å². The Bertz CT molecular complexity index is 430. The van der Waals surface area contributed by atoms with E-state index in [-0.39, 0.29) is 6.61 Å². The summed E-state index contributed by atoms with van der Waals surface area (Å²) in [5.41, 5.74) is 6.81. The fourth-order valence-electron chi connectivity index (χ4n) is 2.57. The number of nitrogens with two attached hydrogens (primary N) is 1. The summed E-state index contributed by atoms with van der Waals surface area (Å²) in [6.07, 6.45) is 10.2. The number of aliphatic hydroxyl groups excluding tert-OH is 1. The van der Waals surface area contributed by atoms with Gasteiger partial charge in [0.05, 0.1) is 13.2 Å². The number of aliphatic hydroxyl groups is 1. The van der Waals surface area contributed by atoms with Crippen LogP contribution >= 0.6 is 0 Å². The number of unbranched alkanes of at least 4 members (excludes halogenated alkanes) is 4. The Labute approximate surface area is 141 Å². The van der Waals surface area contributed by atoms with Gasteiger partial charge >= 0.3 is 0 Å². The van der Waals surface area contributed by atoms with Crippen LogP contribution in [0.15, 0.2) is 36.9 Å². The van der Waals surface area contributed by atoms with E-state index in [1.807, 2.05) is 12.1 Å². The minimum atomic E-state index is -0.560. The molecule has 0 heterocycles. The molecule has 0 radical (unpaired) electrons. The smallest absolute Gasteiger partial charge is 0.119 e. The van der Waals surface area contributed by atoms with E-state index < -0.39 is 5.54 Å². The predicted octanol–water partition coefficient (Wildman–Crippen LogP) is 4.23. The normalized spacial score (nSPS) is 13.5. The van der Waals surface area contributed by atoms with Gasteiger partial charge in [0, 0.05) is 5.54 Å². The molecule has 1 rings (SSSR count). The van der Waals surface area contributed by atoms with Crippen LogP contribution in [-0.2, 0) is 6.42 Å². The van der Waals surface area contributed by atoms with Crippen LogP contribution in [0.3, 0.4) is 0 Å². The van der Waals surface area contributed by atoms with Crippen molar-refractivity contribution in [2.75, 3.05) is 13.2 Å². The Morgan fingerprint density at radius 3 is 2.48 bits per heavy atom. The lowest BCUT2D eigenvalue weighted by Crippen LogP contribution is -2.43. The number of benzene rings is 1. The Morgan fingerprint density at radius 2 is 1.87 bits per heavy atom. The van der Waals surface area contributed by atoms with Gasteiger partial charge in [-0.15, -0.1) is 6.58 Å². The summed E-state index contributed by atoms with van der Waals surface area (Å²) >= 11 is 0. The number of hydrogen-bond donors (Lipinski definition) is 2. The van der Waals surface area contributed by atoms with Gasteiger partial charge < -0.3 is 15.6 Å². The van der Waals surface area contributed by atoms with E-state index in [0.29, 0.717) is 6.42 Å². The Hall–Kier alpha value is -1.32. The fraction of sp³-hybridized carbons (Fsp3) is 0.600. The van der Waals surface area contributed by atoms with Crippen molar-refractivity contribution in [3.8, 4) is 5.75 Å². The second-order valence-electron chi connectivity index (χ2n) is 6.42. The summed E-state index contributed by atoms with van der Waals surface area (Å²) in [5.74, 6) is 0.927. The van der Waals surface area contributed by atoms with E-state index in [1.165, 1.54) is 31.2 Å². The molecule has 1 aromatic rings. The van der Waals surface area contributed by atoms with Crippen LogP contribution in [0.5, 0.6) is 5.75 Å². The van der Waals surface area contributed by atoms with Gasteiger partial charge in [0.25, 0.3) is 0 Å². The van der Waals surface area contributed by atoms with Gasteiger partial charge in [-0.3, -0.25) is 0 Å². The quantitative estimate of drug-likeness (QED) is 0.422. The van der Waals surface area contributed by atoms with E-state index >= 15 is 0 Å². The molecule has 0 bridgehead atoms. The third kappa shape index (κ3) is 8.19. The van der Waals surface area contributed by atoms with Gasteiger partial charge in [-0.2, -0.15) is 0 Å². The molecule has 0 amide bonds. The number of hydrogen-bond acceptors (Lipinski definition) is 3. The molecule has 0 aliphatic heterocycles. The van der Waals surface area contributed by atoms with Crippen molar-refractivity contribution in [3.63, 3.8) is 0 Å². The molecular weight excluding hydrogens is 286 g/mol. The minimum absolute atomic E-state index is 0.0156. The molecule has 0 saturated carbocycles. The van der Waals surface area contributed by atoms with Crippen molar-refractivity contribution in [2.45, 2.75) is 63.8 Å². The first kappa shape index (κ1) is 19.7. The first-order chi connectivity index (χ1) is 11.1. The number of rotatable bonds is 13. The van der Waals surface area contributed by atoms with Gasteiger partial charge in [-0.25, -0.2) is 0 Å². The first-order valence-electron chi connectivity index (χ1n) is 8.86. The highest BCUT2D eigenvalue weighted by atomic mass is 16.5. The molecule has 1 aromatic carbocycles. The lowest BCUT2D eigenvalue weighted by Gasteiger charge is -2.25. The number of aryl methyl sites for hydroxylation is 1. The summed E-state index contributed by atoms with van der Waals surface area (Å²) in [5, 5.41) is 9.42. The molecule has 0 spiro atoms. The molecule has 3 nitrogen and oxygen atoms in total. The van der Waals surface area contributed by atoms with Crippen LogP contribution in [0, 0.1) is 0 Å². The summed E-state index contributed by atoms with van der Waals surface area (Å²) in [7, 11) is 0. The van der Waals surface area contributed by atoms with Gasteiger partial charge in [-0.05, 0) is 43.4 Å². The summed E-state index contributed by atoms with van der Waals surface area (Å²) in [6, 6.07) is 8.20. The Kier molecular flexibility index (Phi) is 9.65. The number of ether oxygens (including phenoxy) is 1. The van der Waals surface area contributed by atoms with Crippen LogP contribution in [-0.4, -0.2) is 23.9 Å². The molecule has 130 valence electrons. The molecule has 0 aliphatic carbocycles. The summed E-state index contributed by atoms with van der Waals surface area (Å²) in [6.45, 7) is 6.71. The van der Waals surface area contributed by atoms with Crippen molar-refractivity contribution < 1.29 is 9.84 Å². The highest BCUT2D eigenvalue weighted by Gasteiger charge is 2.21. The molecule has 1 atom stereocenters. The third-order valence-corrected chi connectivity index (χ3v) is 4.22. The van der Waals surface area contributed by atoms with Crippen molar-refractivity contribution >= 4 is 0 Å². The standard InChI is InChI=1S/C20H33NO2/c1-3-5-6-7-8-16-23-19-11-9-18(10-12-19)13-15-20(21,17-22)14-4-2/h4,9-12,22H,2-3,5-8,13-17,21H2,1H3/t20-/m0/s1. The average Bonchev–Trinajstić information content (AvgIpc) is 2.57. The second kappa shape index (κ2) is 11.3. The lowest BCUT2D eigenvalue weighted by atomic mass is 9.90. The first-order valence-corrected chi connectivity index (χ1v) is 8.86. The topological polar surface area (TPSA) is 55.5 Å². The molecule has 3 heteroatoms. The SMILES string of the molecule is C=CC[C@@](N)(CO)CCc1ccc(OCCCCCCC)cc1. The van der Waals surface area contributed by atoms with Crippen molar-refractivity contribution in [1.82, 2.24) is 0 Å². The van der Waals surface area contributed by atoms with Crippen molar-refractivity contribution in [3.05, 3.63) is 42.5 Å². The maximum absolute atomic E-state index is 9.42. The average molecular weight is 319 g/mol. The van der Waals surface area contributed by atoms with Gasteiger partial charge in [0.15, 0.2) is 0 Å². The van der Waals surface area contributed by atoms with Crippen LogP contribution in [0.2, 0.25) is 0 Å². The highest BCUT2D eigenvalue weighted by Crippen LogP contribution is 2.18. The van der Waals surface area contributed by atoms with Crippen LogP contribution in [0.4, 0.5) is 0 Å². The maximum atomic E-state index is 9.42. The maximum Gasteiger partial charge on any atom is 0.119 e. The zero-order valence-electron chi connectivity index (χ0n) is 14.6. The molecule has 0 unspecified atom stereocenters. The monoisotopic (exact) mass is 319 g/mol. The molecule has 0 aromatic heterocycles. The largest absolute Gasteiger partial charge is 0.494 e. The van der Waals surface area contributed by atoms with E-state index in [0.717, 1.165) is 31.6 Å². The van der Waals surface area contributed by atoms with Crippen LogP contribution < -0.4 is 10.5 Å². The predicted molar refractivity (Wildman–Crippen MR) is 97.8 cm³/mol. The Morgan fingerprint density at radius 1 is 1.17 bits per heavy atom. The molecular formula is C20H33NO2. The molecule has 0 fully saturated rings. The molecule has 3 N–H and O–H groups in total. The van der Waals surface area contributed by atoms with Gasteiger partial charge in [0.1, 0.15) is 5.75 Å². The second-order valence-corrected chi connectivity index (χ2v) is 6.42. The minimum Gasteiger partial charge on any atom is -0.494 e. The zero-order chi connectivity index (χ0) is 17.0. The summed E-state index contributed by atoms with van der Waals surface area (Å²) < 4.78 is 5.77. The molecule has 0 saturated heterocycles. The van der Waals surface area contributed by atoms with Crippen LogP contribution in [0.25, 0.3) is 0 Å². The Balaban J connectivity index is 2.31. The zero-order valence-corrected chi connectivity index (χ0v) is 14.6. The van der Waals surface area contributed by atoms with Gasteiger partial charge in [-0.1, -0.05) is 50.8 Å². The third-order valence-electron chi connectivity index (χ3n) is 4.22. The van der Waals surface area contributed by atoms with E-state index in [1.54, 1.807) is 6.08 Å². The van der Waals surface area contributed by atoms with Crippen molar-refractivity contribution in [1.29, 1.82) is 0 Å². The van der Waals surface area contributed by atoms with Gasteiger partial charge in [0.2, 0.25) is 0 Å². The molecule has 0 aliphatic rings. The molecule has 23 heavy (non-hydrogen) atoms. The lowest BCUT2D eigenvalue weighted by molar-refractivity contribution is 0.188. The highest BCUT2D eigenvalue weighted by molar-refractivity contribution is 5.27. The van der Waals surface area contributed by atoms with Crippen LogP contribution in [0.1, 0.15) is 57.4 Å². The fourth-order valence-corrected chi connectivity index (χ4v) is 2.57. The summed E-state index contributed by atoms with van der Waals surface area (Å²) in [4.78, 5) is 0. The van der Waals surface area contributed by atoms with E-state index in [9.17, 15) is 5.11 Å². The van der Waals surface area contributed by atoms with Crippen molar-refractivity contribution in [2.24, 2.45) is 5.73 Å².